The quantitative estimate of drug-likeness (QED) is 0.227. The maximum absolute atomic E-state index is 12.2. The van der Waals surface area contributed by atoms with E-state index >= 15 is 0 Å². The first-order valence-corrected chi connectivity index (χ1v) is 11.2. The molecule has 6 nitrogen and oxygen atoms in total. The Labute approximate surface area is 178 Å². The van der Waals surface area contributed by atoms with Crippen LogP contribution in [0.3, 0.4) is 0 Å². The lowest BCUT2D eigenvalue weighted by atomic mass is 10.1. The van der Waals surface area contributed by atoms with Crippen LogP contribution in [0.2, 0.25) is 0 Å². The highest BCUT2D eigenvalue weighted by molar-refractivity contribution is 14.0. The van der Waals surface area contributed by atoms with Crippen molar-refractivity contribution in [1.82, 2.24) is 15.1 Å². The molecule has 1 rings (SSSR count). The number of halogens is 1. The van der Waals surface area contributed by atoms with E-state index in [9.17, 15) is 8.42 Å². The average Bonchev–Trinajstić information content (AvgIpc) is 2.51. The van der Waals surface area contributed by atoms with Gasteiger partial charge in [-0.1, -0.05) is 19.3 Å². The Morgan fingerprint density at radius 3 is 2.35 bits per heavy atom. The first-order chi connectivity index (χ1) is 11.7. The average molecular weight is 503 g/mol. The molecule has 0 aliphatic carbocycles. The fraction of sp³-hybridized carbons (Fsp3) is 0.944. The summed E-state index contributed by atoms with van der Waals surface area (Å²) >= 11 is 0. The molecular weight excluding hydrogens is 463 g/mol. The van der Waals surface area contributed by atoms with Crippen LogP contribution in [0.25, 0.3) is 0 Å². The Kier molecular flexibility index (Phi) is 12.3. The molecule has 1 aliphatic heterocycles. The Bertz CT molecular complexity index is 521. The minimum atomic E-state index is -3.01. The number of aliphatic imine (C=N–C) groups is 1. The molecule has 0 bridgehead atoms. The lowest BCUT2D eigenvalue weighted by Crippen LogP contribution is -2.57. The van der Waals surface area contributed by atoms with Crippen molar-refractivity contribution in [2.45, 2.75) is 57.6 Å². The van der Waals surface area contributed by atoms with Crippen molar-refractivity contribution in [2.24, 2.45) is 4.99 Å². The summed E-state index contributed by atoms with van der Waals surface area (Å²) in [6, 6.07) is 0. The molecule has 1 saturated heterocycles. The van der Waals surface area contributed by atoms with E-state index in [0.717, 1.165) is 32.0 Å². The van der Waals surface area contributed by atoms with Crippen molar-refractivity contribution < 1.29 is 8.42 Å². The van der Waals surface area contributed by atoms with Gasteiger partial charge in [0.25, 0.3) is 0 Å². The summed E-state index contributed by atoms with van der Waals surface area (Å²) in [5.41, 5.74) is 0. The number of sulfone groups is 1. The topological polar surface area (TPSA) is 65.0 Å². The molecule has 1 aliphatic rings. The molecule has 0 aromatic carbocycles. The number of hydrogen-bond donors (Lipinski definition) is 1. The number of unbranched alkanes of at least 4 members (excludes halogenated alkanes) is 4. The van der Waals surface area contributed by atoms with Crippen LogP contribution in [0.15, 0.2) is 4.99 Å². The van der Waals surface area contributed by atoms with E-state index in [4.69, 9.17) is 4.99 Å². The molecule has 26 heavy (non-hydrogen) atoms. The zero-order valence-corrected chi connectivity index (χ0v) is 20.4. The lowest BCUT2D eigenvalue weighted by Gasteiger charge is -2.39. The van der Waals surface area contributed by atoms with Gasteiger partial charge in [0.1, 0.15) is 0 Å². The normalized spacial score (nSPS) is 19.3. The third kappa shape index (κ3) is 8.73. The monoisotopic (exact) mass is 502 g/mol. The van der Waals surface area contributed by atoms with Gasteiger partial charge in [-0.25, -0.2) is 8.42 Å². The van der Waals surface area contributed by atoms with Crippen LogP contribution in [0.4, 0.5) is 0 Å². The third-order valence-corrected chi connectivity index (χ3v) is 7.24. The smallest absolute Gasteiger partial charge is 0.193 e. The van der Waals surface area contributed by atoms with E-state index < -0.39 is 14.6 Å². The second-order valence-electron chi connectivity index (χ2n) is 7.81. The van der Waals surface area contributed by atoms with Crippen LogP contribution in [0, 0.1) is 0 Å². The predicted octanol–water partition coefficient (Wildman–Crippen LogP) is 2.59. The summed E-state index contributed by atoms with van der Waals surface area (Å²) in [4.78, 5) is 9.05. The van der Waals surface area contributed by atoms with Gasteiger partial charge >= 0.3 is 0 Å². The van der Waals surface area contributed by atoms with E-state index in [-0.39, 0.29) is 29.7 Å². The molecule has 8 heteroatoms. The van der Waals surface area contributed by atoms with E-state index in [1.807, 2.05) is 20.8 Å². The van der Waals surface area contributed by atoms with Crippen molar-refractivity contribution in [3.05, 3.63) is 0 Å². The summed E-state index contributed by atoms with van der Waals surface area (Å²) in [5.74, 6) is 1.06. The van der Waals surface area contributed by atoms with Crippen LogP contribution in [0.1, 0.15) is 52.9 Å². The molecule has 1 heterocycles. The molecule has 0 aromatic heterocycles. The molecule has 1 N–H and O–H groups in total. The summed E-state index contributed by atoms with van der Waals surface area (Å²) < 4.78 is 23.6. The van der Waals surface area contributed by atoms with Crippen molar-refractivity contribution in [3.8, 4) is 0 Å². The van der Waals surface area contributed by atoms with Gasteiger partial charge in [0.15, 0.2) is 15.8 Å². The Morgan fingerprint density at radius 1 is 1.15 bits per heavy atom. The Morgan fingerprint density at radius 2 is 1.77 bits per heavy atom. The number of nitrogens with zero attached hydrogens (tertiary/aromatic N) is 3. The van der Waals surface area contributed by atoms with Gasteiger partial charge in [0, 0.05) is 26.2 Å². The fourth-order valence-electron chi connectivity index (χ4n) is 3.01. The predicted molar refractivity (Wildman–Crippen MR) is 122 cm³/mol. The summed E-state index contributed by atoms with van der Waals surface area (Å²) in [6.45, 7) is 9.47. The molecule has 0 atom stereocenters. The van der Waals surface area contributed by atoms with Crippen LogP contribution in [-0.2, 0) is 9.84 Å². The highest BCUT2D eigenvalue weighted by Gasteiger charge is 2.40. The minimum Gasteiger partial charge on any atom is -0.357 e. The number of guanidine groups is 1. The molecule has 0 saturated carbocycles. The SMILES string of the molecule is CCNC(=NCCCCCCCN(C)C)N1CCS(=O)(=O)C(C)(C)C1.I. The Hall–Kier alpha value is -0.0900. The van der Waals surface area contributed by atoms with Gasteiger partial charge in [0.05, 0.1) is 10.5 Å². The first-order valence-electron chi connectivity index (χ1n) is 9.60. The highest BCUT2D eigenvalue weighted by Crippen LogP contribution is 2.23. The zero-order chi connectivity index (χ0) is 18.9. The van der Waals surface area contributed by atoms with E-state index in [2.05, 4.69) is 29.2 Å². The molecule has 0 aromatic rings. The third-order valence-electron chi connectivity index (χ3n) is 4.70. The fourth-order valence-corrected chi connectivity index (χ4v) is 4.37. The van der Waals surface area contributed by atoms with Gasteiger partial charge in [-0.2, -0.15) is 0 Å². The van der Waals surface area contributed by atoms with E-state index in [0.29, 0.717) is 13.1 Å². The lowest BCUT2D eigenvalue weighted by molar-refractivity contribution is 0.353. The van der Waals surface area contributed by atoms with Crippen molar-refractivity contribution in [2.75, 3.05) is 52.6 Å². The van der Waals surface area contributed by atoms with Crippen molar-refractivity contribution in [1.29, 1.82) is 0 Å². The number of rotatable bonds is 9. The largest absolute Gasteiger partial charge is 0.357 e. The molecule has 0 spiro atoms. The van der Waals surface area contributed by atoms with Gasteiger partial charge in [-0.3, -0.25) is 4.99 Å². The number of hydrogen-bond acceptors (Lipinski definition) is 4. The minimum absolute atomic E-state index is 0. The summed E-state index contributed by atoms with van der Waals surface area (Å²) in [6.07, 6.45) is 6.09. The number of nitrogens with one attached hydrogen (secondary N) is 1. The second kappa shape index (κ2) is 12.4. The van der Waals surface area contributed by atoms with Gasteiger partial charge < -0.3 is 15.1 Å². The maximum atomic E-state index is 12.2. The van der Waals surface area contributed by atoms with Crippen molar-refractivity contribution in [3.63, 3.8) is 0 Å². The standard InChI is InChI=1S/C18H38N4O2S.HI/c1-6-19-17(20-12-10-8-7-9-11-13-21(4)5)22-14-15-25(23,24)18(2,3)16-22;/h6-16H2,1-5H3,(H,19,20);1H. The van der Waals surface area contributed by atoms with E-state index in [1.165, 1.54) is 25.7 Å². The highest BCUT2D eigenvalue weighted by atomic mass is 127. The molecule has 156 valence electrons. The first kappa shape index (κ1) is 25.9. The van der Waals surface area contributed by atoms with Gasteiger partial charge in [-0.15, -0.1) is 24.0 Å². The molecule has 0 unspecified atom stereocenters. The Balaban J connectivity index is 0.00000625. The maximum Gasteiger partial charge on any atom is 0.193 e. The van der Waals surface area contributed by atoms with Crippen LogP contribution < -0.4 is 5.32 Å². The van der Waals surface area contributed by atoms with Crippen molar-refractivity contribution >= 4 is 39.8 Å². The molecular formula is C18H39IN4O2S. The molecule has 0 radical (unpaired) electrons. The summed E-state index contributed by atoms with van der Waals surface area (Å²) in [7, 11) is 1.22. The van der Waals surface area contributed by atoms with Crippen LogP contribution >= 0.6 is 24.0 Å². The van der Waals surface area contributed by atoms with Crippen LogP contribution in [0.5, 0.6) is 0 Å². The van der Waals surface area contributed by atoms with E-state index in [1.54, 1.807) is 0 Å². The second-order valence-corrected chi connectivity index (χ2v) is 10.5. The van der Waals surface area contributed by atoms with Crippen LogP contribution in [-0.4, -0.2) is 81.5 Å². The molecule has 1 fully saturated rings. The molecule has 0 amide bonds. The van der Waals surface area contributed by atoms with Gasteiger partial charge in [0.2, 0.25) is 0 Å². The van der Waals surface area contributed by atoms with Gasteiger partial charge in [-0.05, 0) is 54.3 Å². The zero-order valence-electron chi connectivity index (χ0n) is 17.3. The summed E-state index contributed by atoms with van der Waals surface area (Å²) in [5, 5.41) is 3.32.